The van der Waals surface area contributed by atoms with E-state index in [4.69, 9.17) is 11.6 Å². The van der Waals surface area contributed by atoms with Crippen LogP contribution in [0.1, 0.15) is 13.3 Å². The van der Waals surface area contributed by atoms with E-state index in [-0.39, 0.29) is 12.0 Å². The minimum Gasteiger partial charge on any atom is -0.325 e. The Balaban J connectivity index is 2.70. The van der Waals surface area contributed by atoms with E-state index in [1.807, 2.05) is 0 Å². The van der Waals surface area contributed by atoms with E-state index >= 15 is 0 Å². The molecule has 0 spiro atoms. The molecule has 1 rings (SSSR count). The number of carbonyl (C=O) groups is 3. The number of hydrogen-bond acceptors (Lipinski definition) is 4. The number of amides is 2. The lowest BCUT2D eigenvalue weighted by molar-refractivity contribution is -0.194. The van der Waals surface area contributed by atoms with Crippen LogP contribution in [0, 0.1) is 0 Å². The third kappa shape index (κ3) is 1.93. The molecular formula is C8H8ClNO4. The van der Waals surface area contributed by atoms with Gasteiger partial charge in [0, 0.05) is 5.57 Å². The number of rotatable bonds is 2. The lowest BCUT2D eigenvalue weighted by Gasteiger charge is -2.12. The molecule has 14 heavy (non-hydrogen) atoms. The highest BCUT2D eigenvalue weighted by atomic mass is 35.5. The van der Waals surface area contributed by atoms with Crippen molar-refractivity contribution in [2.24, 2.45) is 0 Å². The monoisotopic (exact) mass is 217 g/mol. The summed E-state index contributed by atoms with van der Waals surface area (Å²) in [6.07, 6.45) is -0.149. The van der Waals surface area contributed by atoms with Crippen molar-refractivity contribution in [3.8, 4) is 0 Å². The van der Waals surface area contributed by atoms with E-state index < -0.39 is 23.2 Å². The van der Waals surface area contributed by atoms with Crippen molar-refractivity contribution in [2.75, 3.05) is 0 Å². The van der Waals surface area contributed by atoms with E-state index in [2.05, 4.69) is 11.4 Å². The molecular weight excluding hydrogens is 210 g/mol. The van der Waals surface area contributed by atoms with Crippen LogP contribution in [0.25, 0.3) is 0 Å². The summed E-state index contributed by atoms with van der Waals surface area (Å²) in [6, 6.07) is 0. The molecule has 1 saturated heterocycles. The van der Waals surface area contributed by atoms with Crippen LogP contribution < -0.4 is 0 Å². The predicted molar refractivity (Wildman–Crippen MR) is 47.0 cm³/mol. The van der Waals surface area contributed by atoms with E-state index in [1.165, 1.54) is 6.92 Å². The molecule has 0 bridgehead atoms. The minimum absolute atomic E-state index is 0.101. The maximum atomic E-state index is 11.1. The Labute approximate surface area is 85.2 Å². The van der Waals surface area contributed by atoms with Crippen molar-refractivity contribution in [1.29, 1.82) is 0 Å². The quantitative estimate of drug-likeness (QED) is 0.381. The summed E-state index contributed by atoms with van der Waals surface area (Å²) in [7, 11) is 0. The molecule has 1 unspecified atom stereocenters. The lowest BCUT2D eigenvalue weighted by Crippen LogP contribution is -2.33. The zero-order chi connectivity index (χ0) is 10.9. The maximum Gasteiger partial charge on any atom is 0.359 e. The van der Waals surface area contributed by atoms with Crippen LogP contribution in [0.3, 0.4) is 0 Å². The van der Waals surface area contributed by atoms with Gasteiger partial charge in [-0.1, -0.05) is 6.58 Å². The van der Waals surface area contributed by atoms with Gasteiger partial charge in [0.1, 0.15) is 5.38 Å². The molecule has 76 valence electrons. The van der Waals surface area contributed by atoms with Crippen LogP contribution in [-0.4, -0.2) is 28.2 Å². The molecule has 0 aromatic heterocycles. The van der Waals surface area contributed by atoms with Gasteiger partial charge in [-0.2, -0.15) is 0 Å². The first-order chi connectivity index (χ1) is 6.43. The smallest absolute Gasteiger partial charge is 0.325 e. The van der Waals surface area contributed by atoms with Crippen LogP contribution in [0.2, 0.25) is 0 Å². The highest BCUT2D eigenvalue weighted by Gasteiger charge is 2.40. The third-order valence-corrected chi connectivity index (χ3v) is 1.91. The highest BCUT2D eigenvalue weighted by Crippen LogP contribution is 2.18. The zero-order valence-electron chi connectivity index (χ0n) is 7.45. The molecule has 5 nitrogen and oxygen atoms in total. The van der Waals surface area contributed by atoms with Crippen LogP contribution in [0.15, 0.2) is 12.2 Å². The summed E-state index contributed by atoms with van der Waals surface area (Å²) in [5, 5.41) is -0.560. The normalized spacial score (nSPS) is 21.3. The van der Waals surface area contributed by atoms with Crippen molar-refractivity contribution in [1.82, 2.24) is 5.06 Å². The van der Waals surface area contributed by atoms with Gasteiger partial charge >= 0.3 is 5.97 Å². The van der Waals surface area contributed by atoms with Crippen molar-refractivity contribution >= 4 is 29.4 Å². The van der Waals surface area contributed by atoms with Gasteiger partial charge in [0.2, 0.25) is 0 Å². The zero-order valence-corrected chi connectivity index (χ0v) is 8.21. The van der Waals surface area contributed by atoms with E-state index in [1.54, 1.807) is 0 Å². The second kappa shape index (κ2) is 3.79. The van der Waals surface area contributed by atoms with Gasteiger partial charge in [-0.15, -0.1) is 16.7 Å². The first-order valence-corrected chi connectivity index (χ1v) is 4.25. The molecule has 1 heterocycles. The summed E-state index contributed by atoms with van der Waals surface area (Å²) >= 11 is 5.49. The van der Waals surface area contributed by atoms with Gasteiger partial charge in [0.15, 0.2) is 0 Å². The molecule has 0 aromatic rings. The molecule has 2 amide bonds. The Bertz CT molecular complexity index is 325. The molecule has 1 fully saturated rings. The maximum absolute atomic E-state index is 11.1. The summed E-state index contributed by atoms with van der Waals surface area (Å²) in [5.41, 5.74) is 0.101. The Morgan fingerprint density at radius 1 is 1.64 bits per heavy atom. The molecule has 1 aliphatic rings. The topological polar surface area (TPSA) is 63.7 Å². The van der Waals surface area contributed by atoms with Gasteiger partial charge in [0.25, 0.3) is 11.8 Å². The summed E-state index contributed by atoms with van der Waals surface area (Å²) < 4.78 is 0. The van der Waals surface area contributed by atoms with Gasteiger partial charge in [-0.05, 0) is 6.92 Å². The average molecular weight is 218 g/mol. The molecule has 6 heteroatoms. The number of halogens is 1. The predicted octanol–water partition coefficient (Wildman–Crippen LogP) is 0.387. The van der Waals surface area contributed by atoms with Crippen molar-refractivity contribution in [2.45, 2.75) is 18.7 Å². The second-order valence-corrected chi connectivity index (χ2v) is 3.38. The van der Waals surface area contributed by atoms with Gasteiger partial charge in [-0.25, -0.2) is 4.79 Å². The standard InChI is InChI=1S/C8H8ClNO4/c1-4(2)8(13)14-10-6(11)3-5(9)7(10)12/h5H,1,3H2,2H3. The molecule has 0 saturated carbocycles. The fraction of sp³-hybridized carbons (Fsp3) is 0.375. The van der Waals surface area contributed by atoms with Crippen LogP contribution in [0.4, 0.5) is 0 Å². The summed E-state index contributed by atoms with van der Waals surface area (Å²) in [6.45, 7) is 4.72. The molecule has 0 radical (unpaired) electrons. The number of hydroxylamine groups is 2. The minimum atomic E-state index is -0.944. The van der Waals surface area contributed by atoms with Crippen LogP contribution in [0.5, 0.6) is 0 Å². The molecule has 0 aliphatic carbocycles. The van der Waals surface area contributed by atoms with Crippen molar-refractivity contribution in [3.05, 3.63) is 12.2 Å². The molecule has 0 aromatic carbocycles. The van der Waals surface area contributed by atoms with Crippen molar-refractivity contribution < 1.29 is 19.2 Å². The number of carbonyl (C=O) groups excluding carboxylic acids is 3. The Morgan fingerprint density at radius 2 is 2.21 bits per heavy atom. The Hall–Kier alpha value is -1.36. The van der Waals surface area contributed by atoms with Crippen molar-refractivity contribution in [3.63, 3.8) is 0 Å². The fourth-order valence-electron chi connectivity index (χ4n) is 0.830. The highest BCUT2D eigenvalue weighted by molar-refractivity contribution is 6.35. The molecule has 1 atom stereocenters. The Kier molecular flexibility index (Phi) is 2.90. The first kappa shape index (κ1) is 10.7. The third-order valence-electron chi connectivity index (χ3n) is 1.57. The summed E-state index contributed by atoms with van der Waals surface area (Å²) in [4.78, 5) is 37.7. The van der Waals surface area contributed by atoms with Crippen LogP contribution in [-0.2, 0) is 19.2 Å². The van der Waals surface area contributed by atoms with Gasteiger partial charge in [-0.3, -0.25) is 9.59 Å². The number of alkyl halides is 1. The largest absolute Gasteiger partial charge is 0.359 e. The Morgan fingerprint density at radius 3 is 2.57 bits per heavy atom. The van der Waals surface area contributed by atoms with E-state index in [0.29, 0.717) is 5.06 Å². The first-order valence-electron chi connectivity index (χ1n) is 3.82. The van der Waals surface area contributed by atoms with Gasteiger partial charge < -0.3 is 4.84 Å². The van der Waals surface area contributed by atoms with E-state index in [9.17, 15) is 14.4 Å². The SMILES string of the molecule is C=C(C)C(=O)ON1C(=O)CC(Cl)C1=O. The number of imide groups is 1. The average Bonchev–Trinajstić information content (AvgIpc) is 2.32. The molecule has 1 aliphatic heterocycles. The lowest BCUT2D eigenvalue weighted by atomic mass is 10.4. The molecule has 0 N–H and O–H groups in total. The fourth-order valence-corrected chi connectivity index (χ4v) is 1.05. The van der Waals surface area contributed by atoms with Gasteiger partial charge in [0.05, 0.1) is 6.42 Å². The number of nitrogens with zero attached hydrogens (tertiary/aromatic N) is 1. The van der Waals surface area contributed by atoms with E-state index in [0.717, 1.165) is 0 Å². The summed E-state index contributed by atoms with van der Waals surface area (Å²) in [5.74, 6) is -2.16. The second-order valence-electron chi connectivity index (χ2n) is 2.86. The van der Waals surface area contributed by atoms with Crippen LogP contribution >= 0.6 is 11.6 Å². The number of hydrogen-bond donors (Lipinski definition) is 0.